The Kier molecular flexibility index (Phi) is 6.11. The Balaban J connectivity index is 0.000000289. The van der Waals surface area contributed by atoms with E-state index < -0.39 is 6.16 Å². The number of rotatable bonds is 1. The van der Waals surface area contributed by atoms with Crippen molar-refractivity contribution in [1.29, 1.82) is 0 Å². The molecule has 0 radical (unpaired) electrons. The predicted octanol–water partition coefficient (Wildman–Crippen LogP) is 2.87. The van der Waals surface area contributed by atoms with Crippen LogP contribution in [0, 0.1) is 17.8 Å². The van der Waals surface area contributed by atoms with Gasteiger partial charge in [0.15, 0.2) is 0 Å². The van der Waals surface area contributed by atoms with Gasteiger partial charge in [-0.2, -0.15) is 0 Å². The maximum atomic E-state index is 9.49. The molecule has 2 rings (SSSR count). The van der Waals surface area contributed by atoms with Crippen LogP contribution in [0.15, 0.2) is 12.8 Å². The van der Waals surface area contributed by atoms with Crippen LogP contribution in [0.2, 0.25) is 0 Å². The second kappa shape index (κ2) is 6.53. The molecule has 2 bridgehead atoms. The van der Waals surface area contributed by atoms with Gasteiger partial charge in [-0.3, -0.25) is 0 Å². The van der Waals surface area contributed by atoms with Crippen molar-refractivity contribution in [2.75, 3.05) is 0 Å². The van der Waals surface area contributed by atoms with Crippen LogP contribution >= 0.6 is 0 Å². The normalized spacial score (nSPS) is 34.4. The molecular formula is C12H22O4. The van der Waals surface area contributed by atoms with Crippen molar-refractivity contribution in [2.24, 2.45) is 17.8 Å². The molecule has 4 nitrogen and oxygen atoms in total. The number of aliphatic hydroxyl groups is 1. The summed E-state index contributed by atoms with van der Waals surface area (Å²) in [5.74, 6) is 2.14. The number of fused-ring (bicyclic) bond motifs is 2. The average molecular weight is 230 g/mol. The molecular weight excluding hydrogens is 208 g/mol. The quantitative estimate of drug-likeness (QED) is 0.537. The first-order valence-corrected chi connectivity index (χ1v) is 5.24. The van der Waals surface area contributed by atoms with Gasteiger partial charge < -0.3 is 14.9 Å². The van der Waals surface area contributed by atoms with Gasteiger partial charge in [-0.1, -0.05) is 20.9 Å². The Labute approximate surface area is 96.9 Å². The minimum absolute atomic E-state index is 0. The highest BCUT2D eigenvalue weighted by Crippen LogP contribution is 2.47. The Hall–Kier alpha value is -1.03. The van der Waals surface area contributed by atoms with Gasteiger partial charge in [-0.05, 0) is 37.0 Å². The average Bonchev–Trinajstić information content (AvgIpc) is 2.72. The number of hydrogen-bond acceptors (Lipinski definition) is 3. The third kappa shape index (κ3) is 3.52. The zero-order chi connectivity index (χ0) is 11.4. The van der Waals surface area contributed by atoms with Crippen LogP contribution in [0.4, 0.5) is 4.79 Å². The summed E-state index contributed by atoms with van der Waals surface area (Å²) in [6, 6.07) is 0. The highest BCUT2D eigenvalue weighted by Gasteiger charge is 2.43. The summed E-state index contributed by atoms with van der Waals surface area (Å²) in [6.45, 7) is 5.19. The van der Waals surface area contributed by atoms with Crippen LogP contribution in [0.1, 0.15) is 33.6 Å². The number of carboxylic acid groups (broad SMARTS) is 1. The van der Waals surface area contributed by atoms with Gasteiger partial charge >= 0.3 is 6.16 Å². The summed E-state index contributed by atoms with van der Waals surface area (Å²) < 4.78 is 3.72. The van der Waals surface area contributed by atoms with Gasteiger partial charge in [-0.25, -0.2) is 4.79 Å². The predicted molar refractivity (Wildman–Crippen MR) is 62.0 cm³/mol. The van der Waals surface area contributed by atoms with Gasteiger partial charge in [0.2, 0.25) is 0 Å². The first-order valence-electron chi connectivity index (χ1n) is 5.24. The molecule has 0 aromatic heterocycles. The highest BCUT2D eigenvalue weighted by molar-refractivity contribution is 5.57. The van der Waals surface area contributed by atoms with Gasteiger partial charge in [0, 0.05) is 0 Å². The zero-order valence-corrected chi connectivity index (χ0v) is 8.93. The molecule has 2 aliphatic carbocycles. The molecule has 2 aliphatic rings. The maximum Gasteiger partial charge on any atom is 0.510 e. The molecule has 2 fully saturated rings. The summed E-state index contributed by atoms with van der Waals surface area (Å²) in [5.41, 5.74) is 0. The lowest BCUT2D eigenvalue weighted by Gasteiger charge is -2.22. The van der Waals surface area contributed by atoms with Gasteiger partial charge in [-0.15, -0.1) is 0 Å². The molecule has 4 heteroatoms. The third-order valence-corrected chi connectivity index (χ3v) is 3.46. The Morgan fingerprint density at radius 2 is 2.00 bits per heavy atom. The summed E-state index contributed by atoms with van der Waals surface area (Å²) >= 11 is 0. The molecule has 4 unspecified atom stereocenters. The molecule has 0 aromatic rings. The van der Waals surface area contributed by atoms with Crippen molar-refractivity contribution >= 4 is 6.16 Å². The van der Waals surface area contributed by atoms with Crippen molar-refractivity contribution in [3.05, 3.63) is 12.8 Å². The van der Waals surface area contributed by atoms with Crippen LogP contribution in [0.5, 0.6) is 0 Å². The van der Waals surface area contributed by atoms with E-state index >= 15 is 0 Å². The maximum absolute atomic E-state index is 9.49. The Bertz CT molecular complexity index is 221. The molecule has 0 spiro atoms. The van der Waals surface area contributed by atoms with Crippen LogP contribution < -0.4 is 0 Å². The molecule has 2 N–H and O–H groups in total. The SMILES string of the molecule is C.C=COC(=O)O.CC1C2CCC(C2)C1O. The minimum Gasteiger partial charge on any atom is -0.449 e. The second-order valence-corrected chi connectivity index (χ2v) is 4.23. The van der Waals surface area contributed by atoms with Gasteiger partial charge in [0.05, 0.1) is 12.4 Å². The van der Waals surface area contributed by atoms with Crippen molar-refractivity contribution < 1.29 is 19.7 Å². The smallest absolute Gasteiger partial charge is 0.449 e. The molecule has 0 saturated heterocycles. The van der Waals surface area contributed by atoms with E-state index in [0.29, 0.717) is 11.8 Å². The largest absolute Gasteiger partial charge is 0.510 e. The summed E-state index contributed by atoms with van der Waals surface area (Å²) in [7, 11) is 0. The van der Waals surface area contributed by atoms with E-state index in [1.165, 1.54) is 19.3 Å². The standard InChI is InChI=1S/C8H14O.C3H4O3.CH4/c1-5-6-2-3-7(4-6)8(5)9;1-2-6-3(4)5;/h5-9H,2-4H2,1H3;2H,1H2,(H,4,5);1H4. The van der Waals surface area contributed by atoms with Crippen molar-refractivity contribution in [3.8, 4) is 0 Å². The van der Waals surface area contributed by atoms with E-state index in [9.17, 15) is 9.90 Å². The molecule has 0 aromatic carbocycles. The zero-order valence-electron chi connectivity index (χ0n) is 8.93. The Morgan fingerprint density at radius 1 is 1.44 bits per heavy atom. The van der Waals surface area contributed by atoms with Gasteiger partial charge in [0.1, 0.15) is 0 Å². The van der Waals surface area contributed by atoms with Crippen LogP contribution in [0.3, 0.4) is 0 Å². The van der Waals surface area contributed by atoms with E-state index in [2.05, 4.69) is 18.2 Å². The highest BCUT2D eigenvalue weighted by atomic mass is 16.7. The van der Waals surface area contributed by atoms with Crippen molar-refractivity contribution in [1.82, 2.24) is 0 Å². The molecule has 4 atom stereocenters. The minimum atomic E-state index is -1.33. The van der Waals surface area contributed by atoms with Crippen LogP contribution in [0.25, 0.3) is 0 Å². The lowest BCUT2D eigenvalue weighted by atomic mass is 9.88. The van der Waals surface area contributed by atoms with Crippen molar-refractivity contribution in [3.63, 3.8) is 0 Å². The van der Waals surface area contributed by atoms with Crippen LogP contribution in [-0.4, -0.2) is 22.5 Å². The lowest BCUT2D eigenvalue weighted by Crippen LogP contribution is -2.24. The van der Waals surface area contributed by atoms with Crippen molar-refractivity contribution in [2.45, 2.75) is 39.7 Å². The molecule has 94 valence electrons. The van der Waals surface area contributed by atoms with E-state index in [0.717, 1.165) is 12.2 Å². The topological polar surface area (TPSA) is 66.8 Å². The molecule has 16 heavy (non-hydrogen) atoms. The molecule has 2 saturated carbocycles. The summed E-state index contributed by atoms with van der Waals surface area (Å²) in [5, 5.41) is 17.1. The molecule has 0 amide bonds. The van der Waals surface area contributed by atoms with E-state index in [1.807, 2.05) is 0 Å². The fraction of sp³-hybridized carbons (Fsp3) is 0.750. The van der Waals surface area contributed by atoms with E-state index in [-0.39, 0.29) is 13.5 Å². The molecule has 0 heterocycles. The third-order valence-electron chi connectivity index (χ3n) is 3.46. The van der Waals surface area contributed by atoms with Crippen LogP contribution in [-0.2, 0) is 4.74 Å². The van der Waals surface area contributed by atoms with E-state index in [1.54, 1.807) is 0 Å². The van der Waals surface area contributed by atoms with E-state index in [4.69, 9.17) is 5.11 Å². The summed E-state index contributed by atoms with van der Waals surface area (Å²) in [4.78, 5) is 9.31. The van der Waals surface area contributed by atoms with Gasteiger partial charge in [0.25, 0.3) is 0 Å². The first kappa shape index (κ1) is 15.0. The second-order valence-electron chi connectivity index (χ2n) is 4.23. The monoisotopic (exact) mass is 230 g/mol. The number of hydrogen-bond donors (Lipinski definition) is 2. The fourth-order valence-corrected chi connectivity index (χ4v) is 2.62. The fourth-order valence-electron chi connectivity index (χ4n) is 2.62. The number of carbonyl (C=O) groups is 1. The number of ether oxygens (including phenoxy) is 1. The molecule has 0 aliphatic heterocycles. The Morgan fingerprint density at radius 3 is 2.19 bits per heavy atom. The number of aliphatic hydroxyl groups excluding tert-OH is 1. The summed E-state index contributed by atoms with van der Waals surface area (Å²) in [6.07, 6.45) is 3.54. The first-order chi connectivity index (χ1) is 7.06. The lowest BCUT2D eigenvalue weighted by molar-refractivity contribution is 0.0677.